The summed E-state index contributed by atoms with van der Waals surface area (Å²) < 4.78 is 18.4. The van der Waals surface area contributed by atoms with Crippen LogP contribution in [0.25, 0.3) is 0 Å². The largest absolute Gasteiger partial charge is 0.472 e. The predicted octanol–water partition coefficient (Wildman–Crippen LogP) is 2.42. The van der Waals surface area contributed by atoms with Crippen molar-refractivity contribution in [2.75, 3.05) is 13.2 Å². The van der Waals surface area contributed by atoms with Crippen LogP contribution in [0, 0.1) is 0 Å². The molecule has 2 aliphatic heterocycles. The molecular weight excluding hydrogens is 296 g/mol. The Morgan fingerprint density at radius 1 is 0.810 bits per heavy atom. The van der Waals surface area contributed by atoms with Crippen LogP contribution in [-0.4, -0.2) is 32.3 Å². The van der Waals surface area contributed by atoms with E-state index in [2.05, 4.69) is 13.1 Å². The van der Waals surface area contributed by atoms with E-state index in [4.69, 9.17) is 13.9 Å². The quantitative estimate of drug-likeness (QED) is 0.797. The van der Waals surface area contributed by atoms with Crippen molar-refractivity contribution in [2.24, 2.45) is 0 Å². The van der Waals surface area contributed by atoms with Gasteiger partial charge in [-0.2, -0.15) is 0 Å². The highest BCUT2D eigenvalue weighted by Crippen LogP contribution is 2.43. The molecule has 2 saturated heterocycles. The van der Waals surface area contributed by atoms with Crippen molar-refractivity contribution < 1.29 is 13.9 Å². The van der Waals surface area contributed by atoms with Crippen LogP contribution in [0.3, 0.4) is 0 Å². The van der Waals surface area contributed by atoms with E-state index in [1.54, 1.807) is 0 Å². The van der Waals surface area contributed by atoms with Crippen LogP contribution < -0.4 is 0 Å². The van der Waals surface area contributed by atoms with Gasteiger partial charge in [-0.05, 0) is 38.5 Å². The molecule has 5 heteroatoms. The molecule has 1 aromatic rings. The molecule has 3 nitrogen and oxygen atoms in total. The summed E-state index contributed by atoms with van der Waals surface area (Å²) >= 11 is 0. The molecule has 0 saturated carbocycles. The van der Waals surface area contributed by atoms with Gasteiger partial charge in [0.1, 0.15) is 0 Å². The third-order valence-corrected chi connectivity index (χ3v) is 9.65. The second-order valence-electron chi connectivity index (χ2n) is 6.51. The van der Waals surface area contributed by atoms with Gasteiger partial charge in [0, 0.05) is 24.3 Å². The van der Waals surface area contributed by atoms with Crippen LogP contribution in [-0.2, 0) is 19.9 Å². The first-order valence-electron chi connectivity index (χ1n) is 8.61. The monoisotopic (exact) mass is 324 g/mol. The maximum atomic E-state index is 6.34. The van der Waals surface area contributed by atoms with Crippen molar-refractivity contribution in [2.45, 2.75) is 62.1 Å². The maximum absolute atomic E-state index is 6.34. The number of ether oxygens (including phenoxy) is 2. The van der Waals surface area contributed by atoms with E-state index in [1.807, 2.05) is 12.5 Å². The van der Waals surface area contributed by atoms with Gasteiger partial charge in [0.05, 0.1) is 42.0 Å². The van der Waals surface area contributed by atoms with Crippen LogP contribution in [0.4, 0.5) is 0 Å². The molecule has 118 valence electrons. The molecule has 3 heterocycles. The molecule has 1 aromatic heterocycles. The van der Waals surface area contributed by atoms with Gasteiger partial charge in [-0.15, -0.1) is 0 Å². The summed E-state index contributed by atoms with van der Waals surface area (Å²) in [4.78, 5) is 0. The fourth-order valence-electron chi connectivity index (χ4n) is 4.07. The number of rotatable bonds is 4. The van der Waals surface area contributed by atoms with Gasteiger partial charge in [-0.3, -0.25) is 0 Å². The van der Waals surface area contributed by atoms with E-state index in [0.717, 1.165) is 13.2 Å². The first-order chi connectivity index (χ1) is 10.3. The topological polar surface area (TPSA) is 31.6 Å². The Morgan fingerprint density at radius 3 is 1.62 bits per heavy atom. The van der Waals surface area contributed by atoms with Gasteiger partial charge in [-0.1, -0.05) is 13.1 Å². The molecule has 0 spiro atoms. The molecular formula is C16H28O3Si2. The van der Waals surface area contributed by atoms with E-state index in [9.17, 15) is 0 Å². The average Bonchev–Trinajstić information content (AvgIpc) is 3.07. The standard InChI is InChI=1S/C16H28O3Si2/c1-20-15(7-3-5-9-18-15)13-11-17-12-14(13)16(21-2)8-4-6-10-19-16/h11-12H,3-10,20-21H2,1-2H3. The Balaban J connectivity index is 1.99. The average molecular weight is 325 g/mol. The van der Waals surface area contributed by atoms with Crippen LogP contribution in [0.1, 0.15) is 49.7 Å². The molecule has 2 atom stereocenters. The second-order valence-corrected chi connectivity index (χ2v) is 10.2. The lowest BCUT2D eigenvalue weighted by molar-refractivity contribution is -0.0398. The summed E-state index contributed by atoms with van der Waals surface area (Å²) in [5, 5.41) is -0.00405. The van der Waals surface area contributed by atoms with Gasteiger partial charge < -0.3 is 13.9 Å². The van der Waals surface area contributed by atoms with Crippen molar-refractivity contribution in [1.82, 2.24) is 0 Å². The molecule has 21 heavy (non-hydrogen) atoms. The van der Waals surface area contributed by atoms with Crippen molar-refractivity contribution in [3.8, 4) is 0 Å². The summed E-state index contributed by atoms with van der Waals surface area (Å²) in [7, 11) is -0.641. The van der Waals surface area contributed by atoms with Gasteiger partial charge >= 0.3 is 0 Å². The Labute approximate surface area is 132 Å². The number of hydrogen-bond donors (Lipinski definition) is 0. The molecule has 0 aromatic carbocycles. The smallest absolute Gasteiger partial charge is 0.0963 e. The highest BCUT2D eigenvalue weighted by Gasteiger charge is 2.43. The molecule has 0 N–H and O–H groups in total. The lowest BCUT2D eigenvalue weighted by Crippen LogP contribution is -2.44. The van der Waals surface area contributed by atoms with E-state index < -0.39 is 0 Å². The van der Waals surface area contributed by atoms with Gasteiger partial charge in [0.15, 0.2) is 0 Å². The summed E-state index contributed by atoms with van der Waals surface area (Å²) in [6.07, 6.45) is 11.3. The summed E-state index contributed by atoms with van der Waals surface area (Å²) in [5.41, 5.74) is 2.68. The molecule has 0 bridgehead atoms. The molecule has 2 fully saturated rings. The first kappa shape index (κ1) is 15.5. The molecule has 0 aliphatic carbocycles. The minimum Gasteiger partial charge on any atom is -0.472 e. The normalized spacial score (nSPS) is 35.1. The Morgan fingerprint density at radius 2 is 1.29 bits per heavy atom. The third-order valence-electron chi connectivity index (χ3n) is 5.49. The predicted molar refractivity (Wildman–Crippen MR) is 90.5 cm³/mol. The molecule has 3 rings (SSSR count). The fourth-order valence-corrected chi connectivity index (χ4v) is 7.28. The first-order valence-corrected chi connectivity index (χ1v) is 12.9. The Kier molecular flexibility index (Phi) is 4.73. The zero-order valence-corrected chi connectivity index (χ0v) is 16.3. The van der Waals surface area contributed by atoms with Crippen molar-refractivity contribution in [3.63, 3.8) is 0 Å². The second kappa shape index (κ2) is 6.40. The summed E-state index contributed by atoms with van der Waals surface area (Å²) in [5.74, 6) is 0. The van der Waals surface area contributed by atoms with Crippen molar-refractivity contribution in [1.29, 1.82) is 0 Å². The minimum atomic E-state index is -0.321. The van der Waals surface area contributed by atoms with E-state index in [1.165, 1.54) is 49.7 Å². The maximum Gasteiger partial charge on any atom is 0.0963 e. The van der Waals surface area contributed by atoms with Crippen molar-refractivity contribution in [3.05, 3.63) is 23.7 Å². The molecule has 2 aliphatic rings. The summed E-state index contributed by atoms with van der Waals surface area (Å²) in [6, 6.07) is 0. The fraction of sp³-hybridized carbons (Fsp3) is 0.750. The highest BCUT2D eigenvalue weighted by molar-refractivity contribution is 6.39. The molecule has 0 amide bonds. The van der Waals surface area contributed by atoms with Crippen LogP contribution in [0.15, 0.2) is 16.9 Å². The van der Waals surface area contributed by atoms with E-state index in [0.29, 0.717) is 0 Å². The van der Waals surface area contributed by atoms with E-state index in [-0.39, 0.29) is 29.5 Å². The number of hydrogen-bond acceptors (Lipinski definition) is 3. The molecule has 0 radical (unpaired) electrons. The Bertz CT molecular complexity index is 419. The van der Waals surface area contributed by atoms with Gasteiger partial charge in [0.2, 0.25) is 0 Å². The highest BCUT2D eigenvalue weighted by atomic mass is 28.2. The summed E-state index contributed by atoms with van der Waals surface area (Å²) in [6.45, 7) is 6.56. The van der Waals surface area contributed by atoms with Crippen LogP contribution in [0.2, 0.25) is 13.1 Å². The minimum absolute atomic E-state index is 0.00202. The molecule has 2 unspecified atom stereocenters. The third kappa shape index (κ3) is 2.69. The van der Waals surface area contributed by atoms with Crippen LogP contribution >= 0.6 is 0 Å². The van der Waals surface area contributed by atoms with Gasteiger partial charge in [0.25, 0.3) is 0 Å². The zero-order chi connectivity index (χ0) is 14.8. The lowest BCUT2D eigenvalue weighted by Gasteiger charge is -2.42. The van der Waals surface area contributed by atoms with Crippen LogP contribution in [0.5, 0.6) is 0 Å². The van der Waals surface area contributed by atoms with E-state index >= 15 is 0 Å². The zero-order valence-electron chi connectivity index (χ0n) is 13.5. The lowest BCUT2D eigenvalue weighted by atomic mass is 9.93. The SMILES string of the molecule is C[SiH2]C1(c2cocc2C2([SiH2]C)CCCCO2)CCCCO1. The van der Waals surface area contributed by atoms with Crippen molar-refractivity contribution >= 4 is 19.0 Å². The van der Waals surface area contributed by atoms with Gasteiger partial charge in [-0.25, -0.2) is 0 Å². The Hall–Kier alpha value is -0.366. The number of furan rings is 1.